The van der Waals surface area contributed by atoms with E-state index in [1.807, 2.05) is 6.92 Å². The summed E-state index contributed by atoms with van der Waals surface area (Å²) in [5, 5.41) is 1.51. The van der Waals surface area contributed by atoms with E-state index in [9.17, 15) is 18.0 Å². The van der Waals surface area contributed by atoms with E-state index in [1.165, 1.54) is 12.1 Å². The summed E-state index contributed by atoms with van der Waals surface area (Å²) in [5.74, 6) is 0.263. The van der Waals surface area contributed by atoms with E-state index in [2.05, 4.69) is 9.72 Å². The summed E-state index contributed by atoms with van der Waals surface area (Å²) in [6.07, 6.45) is -0.574. The lowest BCUT2D eigenvalue weighted by Gasteiger charge is -2.45. The number of alkyl halides is 3. The van der Waals surface area contributed by atoms with E-state index in [0.29, 0.717) is 59.2 Å². The van der Waals surface area contributed by atoms with Crippen molar-refractivity contribution >= 4 is 22.4 Å². The molecule has 0 unspecified atom stereocenters. The Bertz CT molecular complexity index is 1220. The van der Waals surface area contributed by atoms with Crippen molar-refractivity contribution in [3.05, 3.63) is 69.6 Å². The highest BCUT2D eigenvalue weighted by Gasteiger charge is 2.44. The molecular weight excluding hydrogens is 469 g/mol. The molecule has 3 aromatic rings. The first-order valence-corrected chi connectivity index (χ1v) is 11.6. The van der Waals surface area contributed by atoms with Gasteiger partial charge in [0, 0.05) is 28.6 Å². The molecule has 1 aliphatic rings. The molecule has 1 aromatic heterocycles. The first-order chi connectivity index (χ1) is 16.1. The third-order valence-corrected chi connectivity index (χ3v) is 7.04. The molecule has 1 fully saturated rings. The molecule has 0 amide bonds. The summed E-state index contributed by atoms with van der Waals surface area (Å²) in [5.41, 5.74) is 6.09. The number of aromatic amines is 1. The van der Waals surface area contributed by atoms with Crippen LogP contribution in [0.25, 0.3) is 10.8 Å². The van der Waals surface area contributed by atoms with Gasteiger partial charge < -0.3 is 20.2 Å². The molecule has 0 spiro atoms. The standard InChI is InChI=1S/C25H26ClF3N2O3/c1-2-22(30)24(18-5-3-4-6-20(18)34-25(27,28)29)10-7-16(8-11-24)33-21-13-15-9-12-31-23(32)17(15)14-19(21)26/h3-6,9,12-14,16,22H,2,7-8,10-11,30H2,1H3,(H,31,32)/t16-,22-,24-/m0/s1. The number of benzene rings is 2. The van der Waals surface area contributed by atoms with E-state index in [1.54, 1.807) is 36.5 Å². The minimum Gasteiger partial charge on any atom is -0.489 e. The fourth-order valence-corrected chi connectivity index (χ4v) is 5.21. The molecule has 1 aliphatic carbocycles. The molecule has 5 nitrogen and oxygen atoms in total. The summed E-state index contributed by atoms with van der Waals surface area (Å²) < 4.78 is 49.8. The molecule has 0 aliphatic heterocycles. The van der Waals surface area contributed by atoms with Crippen LogP contribution in [-0.4, -0.2) is 23.5 Å². The Labute approximate surface area is 200 Å². The van der Waals surface area contributed by atoms with Crippen molar-refractivity contribution in [1.82, 2.24) is 4.98 Å². The maximum Gasteiger partial charge on any atom is 0.573 e. The first-order valence-electron chi connectivity index (χ1n) is 11.2. The number of ether oxygens (including phenoxy) is 2. The number of pyridine rings is 1. The highest BCUT2D eigenvalue weighted by molar-refractivity contribution is 6.32. The number of fused-ring (bicyclic) bond motifs is 1. The monoisotopic (exact) mass is 494 g/mol. The Balaban J connectivity index is 1.59. The molecule has 2 aromatic carbocycles. The quantitative estimate of drug-likeness (QED) is 0.435. The van der Waals surface area contributed by atoms with E-state index >= 15 is 0 Å². The Kier molecular flexibility index (Phi) is 6.82. The van der Waals surface area contributed by atoms with Gasteiger partial charge in [-0.05, 0) is 61.8 Å². The van der Waals surface area contributed by atoms with Gasteiger partial charge in [-0.2, -0.15) is 0 Å². The number of nitrogens with two attached hydrogens (primary N) is 1. The van der Waals surface area contributed by atoms with Crippen LogP contribution in [0.15, 0.2) is 53.5 Å². The number of para-hydroxylation sites is 1. The molecule has 1 atom stereocenters. The summed E-state index contributed by atoms with van der Waals surface area (Å²) in [6.45, 7) is 1.93. The summed E-state index contributed by atoms with van der Waals surface area (Å²) in [4.78, 5) is 14.6. The van der Waals surface area contributed by atoms with E-state index in [4.69, 9.17) is 22.1 Å². The van der Waals surface area contributed by atoms with Gasteiger partial charge in [0.15, 0.2) is 0 Å². The second-order valence-corrected chi connectivity index (χ2v) is 9.12. The van der Waals surface area contributed by atoms with Gasteiger partial charge in [-0.1, -0.05) is 36.7 Å². The summed E-state index contributed by atoms with van der Waals surface area (Å²) >= 11 is 6.38. The number of nitrogens with one attached hydrogen (secondary N) is 1. The van der Waals surface area contributed by atoms with Gasteiger partial charge in [0.1, 0.15) is 11.5 Å². The molecule has 3 N–H and O–H groups in total. The van der Waals surface area contributed by atoms with Crippen LogP contribution in [-0.2, 0) is 5.41 Å². The van der Waals surface area contributed by atoms with Gasteiger partial charge >= 0.3 is 6.36 Å². The van der Waals surface area contributed by atoms with Crippen molar-refractivity contribution in [2.45, 2.75) is 63.0 Å². The average molecular weight is 495 g/mol. The zero-order chi connectivity index (χ0) is 24.5. The maximum atomic E-state index is 13.1. The first kappa shape index (κ1) is 24.4. The van der Waals surface area contributed by atoms with Crippen molar-refractivity contribution in [1.29, 1.82) is 0 Å². The Morgan fingerprint density at radius 2 is 1.88 bits per heavy atom. The van der Waals surface area contributed by atoms with Gasteiger partial charge in [0.25, 0.3) is 5.56 Å². The van der Waals surface area contributed by atoms with Gasteiger partial charge in [-0.15, -0.1) is 13.2 Å². The van der Waals surface area contributed by atoms with Crippen LogP contribution in [0.2, 0.25) is 5.02 Å². The Morgan fingerprint density at radius 3 is 2.56 bits per heavy atom. The zero-order valence-electron chi connectivity index (χ0n) is 18.6. The predicted molar refractivity (Wildman–Crippen MR) is 126 cm³/mol. The summed E-state index contributed by atoms with van der Waals surface area (Å²) in [6, 6.07) is 11.0. The van der Waals surface area contributed by atoms with Crippen molar-refractivity contribution in [3.8, 4) is 11.5 Å². The number of H-pyrrole nitrogens is 1. The number of hydrogen-bond donors (Lipinski definition) is 2. The Morgan fingerprint density at radius 1 is 1.18 bits per heavy atom. The topological polar surface area (TPSA) is 77.3 Å². The van der Waals surface area contributed by atoms with E-state index in [0.717, 1.165) is 0 Å². The van der Waals surface area contributed by atoms with Crippen LogP contribution >= 0.6 is 11.6 Å². The van der Waals surface area contributed by atoms with Crippen molar-refractivity contribution in [3.63, 3.8) is 0 Å². The average Bonchev–Trinajstić information content (AvgIpc) is 2.80. The number of rotatable bonds is 6. The maximum absolute atomic E-state index is 13.1. The fourth-order valence-electron chi connectivity index (χ4n) is 5.00. The fraction of sp³-hybridized carbons (Fsp3) is 0.400. The van der Waals surface area contributed by atoms with Gasteiger partial charge in [-0.25, -0.2) is 0 Å². The molecule has 182 valence electrons. The SMILES string of the molecule is CC[C@H](N)[C@]1(c2ccccc2OC(F)(F)F)CC[C@@H](Oc2cc3cc[nH]c(=O)c3cc2Cl)CC1. The third kappa shape index (κ3) is 4.88. The minimum atomic E-state index is -4.79. The van der Waals surface area contributed by atoms with Crippen LogP contribution in [0.5, 0.6) is 11.5 Å². The highest BCUT2D eigenvalue weighted by atomic mass is 35.5. The van der Waals surface area contributed by atoms with Crippen LogP contribution < -0.4 is 20.8 Å². The smallest absolute Gasteiger partial charge is 0.489 e. The van der Waals surface area contributed by atoms with Crippen molar-refractivity contribution < 1.29 is 22.6 Å². The van der Waals surface area contributed by atoms with Gasteiger partial charge in [0.05, 0.1) is 11.1 Å². The van der Waals surface area contributed by atoms with Crippen molar-refractivity contribution in [2.75, 3.05) is 0 Å². The zero-order valence-corrected chi connectivity index (χ0v) is 19.4. The molecule has 1 heterocycles. The number of halogens is 4. The number of hydrogen-bond acceptors (Lipinski definition) is 4. The normalized spacial score (nSPS) is 21.9. The lowest BCUT2D eigenvalue weighted by Crippen LogP contribution is -2.49. The molecule has 34 heavy (non-hydrogen) atoms. The molecule has 0 bridgehead atoms. The van der Waals surface area contributed by atoms with Gasteiger partial charge in [-0.3, -0.25) is 4.79 Å². The van der Waals surface area contributed by atoms with E-state index in [-0.39, 0.29) is 23.5 Å². The second-order valence-electron chi connectivity index (χ2n) is 8.71. The molecule has 1 saturated carbocycles. The molecule has 0 saturated heterocycles. The van der Waals surface area contributed by atoms with Crippen molar-refractivity contribution in [2.24, 2.45) is 5.73 Å². The molecular formula is C25H26ClF3N2O3. The third-order valence-electron chi connectivity index (χ3n) is 6.74. The molecule has 4 rings (SSSR count). The predicted octanol–water partition coefficient (Wildman–Crippen LogP) is 6.08. The molecule has 9 heteroatoms. The van der Waals surface area contributed by atoms with Gasteiger partial charge in [0.2, 0.25) is 0 Å². The summed E-state index contributed by atoms with van der Waals surface area (Å²) in [7, 11) is 0. The Hall–Kier alpha value is -2.71. The van der Waals surface area contributed by atoms with Crippen LogP contribution in [0, 0.1) is 0 Å². The van der Waals surface area contributed by atoms with E-state index < -0.39 is 11.8 Å². The van der Waals surface area contributed by atoms with Crippen LogP contribution in [0.4, 0.5) is 13.2 Å². The largest absolute Gasteiger partial charge is 0.573 e. The lowest BCUT2D eigenvalue weighted by atomic mass is 9.63. The van der Waals surface area contributed by atoms with Crippen LogP contribution in [0.3, 0.4) is 0 Å². The number of aromatic nitrogens is 1. The molecule has 0 radical (unpaired) electrons. The second kappa shape index (κ2) is 9.50. The lowest BCUT2D eigenvalue weighted by molar-refractivity contribution is -0.275. The minimum absolute atomic E-state index is 0.190. The highest BCUT2D eigenvalue weighted by Crippen LogP contribution is 2.47. The van der Waals surface area contributed by atoms with Crippen LogP contribution in [0.1, 0.15) is 44.6 Å².